The molecule has 2 amide bonds. The standard InChI is InChI=1S/C21H25N3O3.ClH/c25-20(15-22-14-17-9-6-12-27-17)24-19-11-5-4-10-18(19)21(26)23-13-16-7-2-1-3-8-16;/h1-5,7-8,10-11,17,22H,6,9,12-15H2,(H,23,26)(H,24,25);1H. The van der Waals surface area contributed by atoms with Gasteiger partial charge in [-0.2, -0.15) is 0 Å². The number of ether oxygens (including phenoxy) is 1. The number of halogens is 1. The summed E-state index contributed by atoms with van der Waals surface area (Å²) in [6.07, 6.45) is 2.29. The molecule has 1 aliphatic rings. The average Bonchev–Trinajstić information content (AvgIpc) is 3.21. The van der Waals surface area contributed by atoms with Crippen LogP contribution in [-0.2, 0) is 16.1 Å². The van der Waals surface area contributed by atoms with E-state index in [1.165, 1.54) is 0 Å². The summed E-state index contributed by atoms with van der Waals surface area (Å²) in [7, 11) is 0. The Morgan fingerprint density at radius 3 is 2.54 bits per heavy atom. The molecule has 3 rings (SSSR count). The first-order valence-corrected chi connectivity index (χ1v) is 9.25. The molecule has 0 spiro atoms. The summed E-state index contributed by atoms with van der Waals surface area (Å²) in [4.78, 5) is 24.7. The fourth-order valence-corrected chi connectivity index (χ4v) is 3.01. The minimum Gasteiger partial charge on any atom is -0.377 e. The average molecular weight is 404 g/mol. The molecule has 1 atom stereocenters. The summed E-state index contributed by atoms with van der Waals surface area (Å²) in [6.45, 7) is 2.07. The Morgan fingerprint density at radius 2 is 1.79 bits per heavy atom. The normalized spacial score (nSPS) is 15.5. The van der Waals surface area contributed by atoms with Crippen molar-refractivity contribution < 1.29 is 14.3 Å². The van der Waals surface area contributed by atoms with E-state index in [0.29, 0.717) is 24.3 Å². The maximum Gasteiger partial charge on any atom is 0.253 e. The number of carbonyl (C=O) groups is 2. The first-order valence-electron chi connectivity index (χ1n) is 9.25. The van der Waals surface area contributed by atoms with Gasteiger partial charge in [-0.05, 0) is 30.5 Å². The smallest absolute Gasteiger partial charge is 0.253 e. The van der Waals surface area contributed by atoms with Crippen LogP contribution in [0.15, 0.2) is 54.6 Å². The molecule has 0 bridgehead atoms. The highest BCUT2D eigenvalue weighted by Gasteiger charge is 2.16. The van der Waals surface area contributed by atoms with E-state index in [9.17, 15) is 9.59 Å². The molecule has 1 saturated heterocycles. The molecular formula is C21H26ClN3O3. The van der Waals surface area contributed by atoms with Crippen LogP contribution in [0.25, 0.3) is 0 Å². The van der Waals surface area contributed by atoms with E-state index in [4.69, 9.17) is 4.74 Å². The van der Waals surface area contributed by atoms with Crippen LogP contribution in [0.5, 0.6) is 0 Å². The van der Waals surface area contributed by atoms with E-state index in [1.807, 2.05) is 30.3 Å². The van der Waals surface area contributed by atoms with Crippen LogP contribution in [0.2, 0.25) is 0 Å². The van der Waals surface area contributed by atoms with Gasteiger partial charge in [0.05, 0.1) is 23.9 Å². The second-order valence-electron chi connectivity index (χ2n) is 6.53. The molecule has 150 valence electrons. The van der Waals surface area contributed by atoms with Crippen LogP contribution in [0, 0.1) is 0 Å². The number of hydrogen-bond acceptors (Lipinski definition) is 4. The Balaban J connectivity index is 0.00000280. The predicted octanol–water partition coefficient (Wildman–Crippen LogP) is 2.75. The number of rotatable bonds is 8. The Bertz CT molecular complexity index is 765. The molecule has 1 fully saturated rings. The molecule has 1 unspecified atom stereocenters. The van der Waals surface area contributed by atoms with Crippen LogP contribution in [0.3, 0.4) is 0 Å². The lowest BCUT2D eigenvalue weighted by atomic mass is 10.1. The van der Waals surface area contributed by atoms with Gasteiger partial charge in [-0.25, -0.2) is 0 Å². The molecule has 1 heterocycles. The lowest BCUT2D eigenvalue weighted by Gasteiger charge is -2.13. The second kappa shape index (κ2) is 11.4. The molecule has 0 radical (unpaired) electrons. The monoisotopic (exact) mass is 403 g/mol. The van der Waals surface area contributed by atoms with E-state index in [-0.39, 0.29) is 36.9 Å². The Labute approximate surface area is 171 Å². The topological polar surface area (TPSA) is 79.5 Å². The molecule has 1 aliphatic heterocycles. The Hall–Kier alpha value is -2.41. The van der Waals surface area contributed by atoms with Gasteiger partial charge >= 0.3 is 0 Å². The molecule has 6 nitrogen and oxygen atoms in total. The van der Waals surface area contributed by atoms with Gasteiger partial charge in [-0.3, -0.25) is 9.59 Å². The first kappa shape index (κ1) is 21.9. The van der Waals surface area contributed by atoms with Crippen molar-refractivity contribution in [1.82, 2.24) is 10.6 Å². The van der Waals surface area contributed by atoms with E-state index in [1.54, 1.807) is 24.3 Å². The number of nitrogens with one attached hydrogen (secondary N) is 3. The minimum absolute atomic E-state index is 0. The largest absolute Gasteiger partial charge is 0.377 e. The van der Waals surface area contributed by atoms with Crippen molar-refractivity contribution in [2.45, 2.75) is 25.5 Å². The summed E-state index contributed by atoms with van der Waals surface area (Å²) >= 11 is 0. The molecule has 28 heavy (non-hydrogen) atoms. The SMILES string of the molecule is Cl.O=C(CNCC1CCCO1)Nc1ccccc1C(=O)NCc1ccccc1. The van der Waals surface area contributed by atoms with Gasteiger partial charge in [0.25, 0.3) is 5.91 Å². The Kier molecular flexibility index (Phi) is 8.94. The number of carbonyl (C=O) groups excluding carboxylic acids is 2. The molecule has 2 aromatic rings. The van der Waals surface area contributed by atoms with Gasteiger partial charge in [0.2, 0.25) is 5.91 Å². The molecule has 0 saturated carbocycles. The van der Waals surface area contributed by atoms with Gasteiger partial charge in [0, 0.05) is 19.7 Å². The summed E-state index contributed by atoms with van der Waals surface area (Å²) < 4.78 is 5.52. The maximum atomic E-state index is 12.5. The van der Waals surface area contributed by atoms with E-state index in [0.717, 1.165) is 25.0 Å². The van der Waals surface area contributed by atoms with Crippen molar-refractivity contribution in [1.29, 1.82) is 0 Å². The minimum atomic E-state index is -0.220. The summed E-state index contributed by atoms with van der Waals surface area (Å²) in [5.74, 6) is -0.404. The van der Waals surface area contributed by atoms with Crippen LogP contribution in [0.1, 0.15) is 28.8 Å². The summed E-state index contributed by atoms with van der Waals surface area (Å²) in [6, 6.07) is 16.7. The molecule has 3 N–H and O–H groups in total. The lowest BCUT2D eigenvalue weighted by molar-refractivity contribution is -0.115. The highest BCUT2D eigenvalue weighted by atomic mass is 35.5. The number of hydrogen-bond donors (Lipinski definition) is 3. The third-order valence-corrected chi connectivity index (χ3v) is 4.42. The van der Waals surface area contributed by atoms with Crippen molar-refractivity contribution in [3.63, 3.8) is 0 Å². The molecule has 0 aromatic heterocycles. The summed E-state index contributed by atoms with van der Waals surface area (Å²) in [5.41, 5.74) is 1.97. The van der Waals surface area contributed by atoms with Crippen LogP contribution in [-0.4, -0.2) is 37.6 Å². The zero-order valence-corrected chi connectivity index (χ0v) is 16.5. The van der Waals surface area contributed by atoms with Gasteiger partial charge in [0.1, 0.15) is 0 Å². The zero-order chi connectivity index (χ0) is 18.9. The summed E-state index contributed by atoms with van der Waals surface area (Å²) in [5, 5.41) is 8.80. The zero-order valence-electron chi connectivity index (χ0n) is 15.6. The lowest BCUT2D eigenvalue weighted by Crippen LogP contribution is -2.34. The number of anilines is 1. The van der Waals surface area contributed by atoms with Crippen molar-refractivity contribution >= 4 is 29.9 Å². The van der Waals surface area contributed by atoms with Gasteiger partial charge in [-0.1, -0.05) is 42.5 Å². The van der Waals surface area contributed by atoms with Crippen molar-refractivity contribution in [3.05, 3.63) is 65.7 Å². The molecule has 2 aromatic carbocycles. The van der Waals surface area contributed by atoms with Gasteiger partial charge in [0.15, 0.2) is 0 Å². The van der Waals surface area contributed by atoms with Crippen molar-refractivity contribution in [2.75, 3.05) is 25.0 Å². The molecular weight excluding hydrogens is 378 g/mol. The fraction of sp³-hybridized carbons (Fsp3) is 0.333. The van der Waals surface area contributed by atoms with Gasteiger partial charge < -0.3 is 20.7 Å². The van der Waals surface area contributed by atoms with Crippen LogP contribution < -0.4 is 16.0 Å². The third kappa shape index (κ3) is 6.64. The highest BCUT2D eigenvalue weighted by molar-refractivity contribution is 6.04. The number of para-hydroxylation sites is 1. The maximum absolute atomic E-state index is 12.5. The molecule has 7 heteroatoms. The fourth-order valence-electron chi connectivity index (χ4n) is 3.01. The van der Waals surface area contributed by atoms with Crippen LogP contribution >= 0.6 is 12.4 Å². The third-order valence-electron chi connectivity index (χ3n) is 4.42. The van der Waals surface area contributed by atoms with E-state index < -0.39 is 0 Å². The van der Waals surface area contributed by atoms with Crippen molar-refractivity contribution in [2.24, 2.45) is 0 Å². The Morgan fingerprint density at radius 1 is 1.04 bits per heavy atom. The second-order valence-corrected chi connectivity index (χ2v) is 6.53. The first-order chi connectivity index (χ1) is 13.2. The van der Waals surface area contributed by atoms with Gasteiger partial charge in [-0.15, -0.1) is 12.4 Å². The van der Waals surface area contributed by atoms with Crippen molar-refractivity contribution in [3.8, 4) is 0 Å². The number of amides is 2. The molecule has 0 aliphatic carbocycles. The quantitative estimate of drug-likeness (QED) is 0.633. The highest BCUT2D eigenvalue weighted by Crippen LogP contribution is 2.15. The van der Waals surface area contributed by atoms with Crippen LogP contribution in [0.4, 0.5) is 5.69 Å². The van der Waals surface area contributed by atoms with E-state index in [2.05, 4.69) is 16.0 Å². The predicted molar refractivity (Wildman–Crippen MR) is 112 cm³/mol. The van der Waals surface area contributed by atoms with E-state index >= 15 is 0 Å². The number of benzene rings is 2.